The van der Waals surface area contributed by atoms with Crippen molar-refractivity contribution in [2.24, 2.45) is 10.8 Å². The van der Waals surface area contributed by atoms with Crippen molar-refractivity contribution in [3.05, 3.63) is 72.3 Å². The summed E-state index contributed by atoms with van der Waals surface area (Å²) in [5, 5.41) is 8.21. The zero-order valence-electron chi connectivity index (χ0n) is 28.7. The van der Waals surface area contributed by atoms with Crippen LogP contribution in [0.25, 0.3) is 10.8 Å². The lowest BCUT2D eigenvalue weighted by Gasteiger charge is -2.46. The number of fused-ring (bicyclic) bond motifs is 1. The number of aryl methyl sites for hydroxylation is 1. The van der Waals surface area contributed by atoms with Crippen molar-refractivity contribution < 1.29 is 19.1 Å². The van der Waals surface area contributed by atoms with Gasteiger partial charge in [-0.2, -0.15) is 0 Å². The van der Waals surface area contributed by atoms with Crippen LogP contribution < -0.4 is 20.1 Å². The molecule has 0 heterocycles. The van der Waals surface area contributed by atoms with Gasteiger partial charge in [-0.05, 0) is 83.5 Å². The van der Waals surface area contributed by atoms with Crippen molar-refractivity contribution in [3.8, 4) is 11.5 Å². The van der Waals surface area contributed by atoms with E-state index in [9.17, 15) is 9.59 Å². The average Bonchev–Trinajstić information content (AvgIpc) is 3.01. The lowest BCUT2D eigenvalue weighted by Crippen LogP contribution is -2.51. The molecule has 0 spiro atoms. The summed E-state index contributed by atoms with van der Waals surface area (Å²) in [4.78, 5) is 25.6. The molecule has 46 heavy (non-hydrogen) atoms. The zero-order valence-corrected chi connectivity index (χ0v) is 28.7. The van der Waals surface area contributed by atoms with Crippen LogP contribution in [-0.4, -0.2) is 24.8 Å². The van der Waals surface area contributed by atoms with Gasteiger partial charge in [0.05, 0.1) is 0 Å². The Bertz CT molecular complexity index is 1390. The van der Waals surface area contributed by atoms with Crippen molar-refractivity contribution in [1.82, 2.24) is 10.6 Å². The second-order valence-corrected chi connectivity index (χ2v) is 14.6. The molecule has 6 heteroatoms. The summed E-state index contributed by atoms with van der Waals surface area (Å²) >= 11 is 0. The van der Waals surface area contributed by atoms with E-state index >= 15 is 0 Å². The summed E-state index contributed by atoms with van der Waals surface area (Å²) in [6, 6.07) is 21.5. The second kappa shape index (κ2) is 17.4. The zero-order chi connectivity index (χ0) is 32.8. The van der Waals surface area contributed by atoms with Gasteiger partial charge in [-0.3, -0.25) is 0 Å². The third kappa shape index (κ3) is 12.0. The number of hydrogen-bond acceptors (Lipinski definition) is 4. The summed E-state index contributed by atoms with van der Waals surface area (Å²) in [7, 11) is 0. The largest absolute Gasteiger partial charge is 0.412 e. The fraction of sp³-hybridized carbons (Fsp3) is 0.550. The first-order chi connectivity index (χ1) is 22.1. The maximum absolute atomic E-state index is 12.9. The molecular weight excluding hydrogens is 572 g/mol. The highest BCUT2D eigenvalue weighted by Crippen LogP contribution is 2.45. The van der Waals surface area contributed by atoms with Crippen molar-refractivity contribution in [2.45, 2.75) is 124 Å². The monoisotopic (exact) mass is 628 g/mol. The molecule has 3 aromatic carbocycles. The Morgan fingerprint density at radius 1 is 0.717 bits per heavy atom. The molecular formula is C40H56N2O4. The van der Waals surface area contributed by atoms with Crippen LogP contribution in [0.15, 0.2) is 66.7 Å². The van der Waals surface area contributed by atoms with Crippen LogP contribution >= 0.6 is 0 Å². The number of unbranched alkanes of at least 4 members (excludes halogenated alkanes) is 9. The molecule has 0 radical (unpaired) electrons. The summed E-state index contributed by atoms with van der Waals surface area (Å²) in [6.07, 6.45) is 16.0. The van der Waals surface area contributed by atoms with Crippen LogP contribution in [-0.2, 0) is 6.42 Å². The molecule has 0 bridgehead atoms. The van der Waals surface area contributed by atoms with E-state index in [-0.39, 0.29) is 16.9 Å². The van der Waals surface area contributed by atoms with Gasteiger partial charge in [-0.25, -0.2) is 9.59 Å². The van der Waals surface area contributed by atoms with Gasteiger partial charge < -0.3 is 20.1 Å². The maximum atomic E-state index is 12.9. The highest BCUT2D eigenvalue weighted by atomic mass is 16.6. The lowest BCUT2D eigenvalue weighted by atomic mass is 9.62. The van der Waals surface area contributed by atoms with E-state index in [1.807, 2.05) is 54.6 Å². The molecule has 6 nitrogen and oxygen atoms in total. The first kappa shape index (κ1) is 35.3. The third-order valence-corrected chi connectivity index (χ3v) is 9.31. The average molecular weight is 629 g/mol. The standard InChI is InChI=1S/C40H56N2O4/c1-5-6-7-8-9-10-11-12-13-14-17-31-20-23-35(24-21-31)45-37(43)41-30-40(4)28-34(27-39(2,3)29-40)42-38(44)46-36-25-22-32-18-15-16-19-33(32)26-36/h15-16,18-26,34H,5-14,17,27-30H2,1-4H3,(H,41,43)(H,42,44). The fourth-order valence-electron chi connectivity index (χ4n) is 7.37. The van der Waals surface area contributed by atoms with E-state index in [2.05, 4.69) is 50.5 Å². The molecule has 1 saturated carbocycles. The van der Waals surface area contributed by atoms with E-state index in [0.29, 0.717) is 18.0 Å². The molecule has 1 aliphatic carbocycles. The molecule has 4 rings (SSSR count). The van der Waals surface area contributed by atoms with Crippen molar-refractivity contribution in [3.63, 3.8) is 0 Å². The van der Waals surface area contributed by atoms with Gasteiger partial charge in [-0.15, -0.1) is 0 Å². The Balaban J connectivity index is 1.16. The topological polar surface area (TPSA) is 76.7 Å². The molecule has 0 saturated heterocycles. The van der Waals surface area contributed by atoms with Gasteiger partial charge in [-0.1, -0.05) is 128 Å². The first-order valence-electron chi connectivity index (χ1n) is 17.6. The van der Waals surface area contributed by atoms with E-state index in [1.165, 1.54) is 69.8 Å². The molecule has 250 valence electrons. The van der Waals surface area contributed by atoms with E-state index in [1.54, 1.807) is 0 Å². The Morgan fingerprint density at radius 3 is 2.02 bits per heavy atom. The maximum Gasteiger partial charge on any atom is 0.412 e. The fourth-order valence-corrected chi connectivity index (χ4v) is 7.37. The minimum Gasteiger partial charge on any atom is -0.410 e. The van der Waals surface area contributed by atoms with Crippen LogP contribution in [0.5, 0.6) is 11.5 Å². The third-order valence-electron chi connectivity index (χ3n) is 9.31. The predicted octanol–water partition coefficient (Wildman–Crippen LogP) is 10.8. The number of carbonyl (C=O) groups is 2. The minimum atomic E-state index is -0.454. The van der Waals surface area contributed by atoms with E-state index in [0.717, 1.165) is 36.5 Å². The van der Waals surface area contributed by atoms with Crippen LogP contribution in [0.1, 0.15) is 117 Å². The Hall–Kier alpha value is -3.54. The molecule has 3 aromatic rings. The number of rotatable bonds is 16. The normalized spacial score (nSPS) is 19.0. The Morgan fingerprint density at radius 2 is 1.33 bits per heavy atom. The number of ether oxygens (including phenoxy) is 2. The quantitative estimate of drug-likeness (QED) is 0.155. The van der Waals surface area contributed by atoms with Gasteiger partial charge in [0.25, 0.3) is 0 Å². The number of benzene rings is 3. The Labute approximate surface area is 277 Å². The molecule has 1 fully saturated rings. The first-order valence-corrected chi connectivity index (χ1v) is 17.6. The molecule has 2 amide bonds. The minimum absolute atomic E-state index is 0.0104. The van der Waals surface area contributed by atoms with E-state index in [4.69, 9.17) is 9.47 Å². The summed E-state index contributed by atoms with van der Waals surface area (Å²) in [6.45, 7) is 9.32. The molecule has 1 aliphatic rings. The van der Waals surface area contributed by atoms with Crippen LogP contribution in [0.2, 0.25) is 0 Å². The highest BCUT2D eigenvalue weighted by molar-refractivity contribution is 5.84. The SMILES string of the molecule is CCCCCCCCCCCCc1ccc(OC(=O)NCC2(C)CC(NC(=O)Oc3ccc4ccccc4c3)CC(C)(C)C2)cc1. The summed E-state index contributed by atoms with van der Waals surface area (Å²) < 4.78 is 11.3. The number of hydrogen-bond donors (Lipinski definition) is 2. The number of amides is 2. The molecule has 0 aliphatic heterocycles. The molecule has 2 unspecified atom stereocenters. The summed E-state index contributed by atoms with van der Waals surface area (Å²) in [5.74, 6) is 1.07. The van der Waals surface area contributed by atoms with Crippen LogP contribution in [0, 0.1) is 10.8 Å². The lowest BCUT2D eigenvalue weighted by molar-refractivity contribution is 0.0701. The van der Waals surface area contributed by atoms with Gasteiger partial charge in [0, 0.05) is 12.6 Å². The molecule has 0 aromatic heterocycles. The predicted molar refractivity (Wildman–Crippen MR) is 189 cm³/mol. The molecule has 2 atom stereocenters. The Kier molecular flexibility index (Phi) is 13.4. The van der Waals surface area contributed by atoms with Crippen LogP contribution in [0.3, 0.4) is 0 Å². The van der Waals surface area contributed by atoms with Gasteiger partial charge in [0.1, 0.15) is 11.5 Å². The van der Waals surface area contributed by atoms with E-state index < -0.39 is 12.2 Å². The number of carbonyl (C=O) groups excluding carboxylic acids is 2. The second-order valence-electron chi connectivity index (χ2n) is 14.6. The smallest absolute Gasteiger partial charge is 0.410 e. The molecule has 2 N–H and O–H groups in total. The van der Waals surface area contributed by atoms with Gasteiger partial charge in [0.2, 0.25) is 0 Å². The summed E-state index contributed by atoms with van der Waals surface area (Å²) in [5.41, 5.74) is 1.06. The van der Waals surface area contributed by atoms with Crippen LogP contribution in [0.4, 0.5) is 9.59 Å². The van der Waals surface area contributed by atoms with Gasteiger partial charge in [0.15, 0.2) is 0 Å². The number of nitrogens with one attached hydrogen (secondary N) is 2. The highest BCUT2D eigenvalue weighted by Gasteiger charge is 2.42. The van der Waals surface area contributed by atoms with Crippen molar-refractivity contribution >= 4 is 23.0 Å². The van der Waals surface area contributed by atoms with Crippen molar-refractivity contribution in [2.75, 3.05) is 6.54 Å². The van der Waals surface area contributed by atoms with Crippen molar-refractivity contribution in [1.29, 1.82) is 0 Å². The van der Waals surface area contributed by atoms with Gasteiger partial charge >= 0.3 is 12.2 Å².